The quantitative estimate of drug-likeness (QED) is 0.136. The molecule has 3 N–H and O–H groups in total. The number of hydrogen-bond donors (Lipinski definition) is 2. The molecule has 13 nitrogen and oxygen atoms in total. The number of oxime groups is 1. The average Bonchev–Trinajstić information content (AvgIpc) is 3.25. The number of esters is 2. The first kappa shape index (κ1) is 28.7. The second-order valence-electron chi connectivity index (χ2n) is 9.83. The van der Waals surface area contributed by atoms with Gasteiger partial charge in [0, 0.05) is 24.8 Å². The van der Waals surface area contributed by atoms with Crippen LogP contribution in [0.2, 0.25) is 0 Å². The van der Waals surface area contributed by atoms with Crippen LogP contribution in [0.15, 0.2) is 10.5 Å². The van der Waals surface area contributed by atoms with E-state index in [1.54, 1.807) is 5.38 Å². The van der Waals surface area contributed by atoms with Gasteiger partial charge < -0.3 is 35.0 Å². The monoisotopic (exact) mass is 557 g/mol. The second-order valence-corrected chi connectivity index (χ2v) is 11.8. The van der Waals surface area contributed by atoms with Gasteiger partial charge in [-0.15, -0.1) is 23.1 Å². The summed E-state index contributed by atoms with van der Waals surface area (Å²) in [5.41, 5.74) is 4.35. The Balaban J connectivity index is 1.61. The fourth-order valence-corrected chi connectivity index (χ4v) is 5.93. The molecule has 0 aromatic carbocycles. The molecular formula is C22H31N5O8S2. The van der Waals surface area contributed by atoms with Crippen molar-refractivity contribution in [1.29, 1.82) is 0 Å². The van der Waals surface area contributed by atoms with Gasteiger partial charge in [0.1, 0.15) is 29.6 Å². The van der Waals surface area contributed by atoms with Crippen LogP contribution < -0.4 is 11.1 Å². The normalized spacial score (nSPS) is 23.5. The van der Waals surface area contributed by atoms with E-state index in [9.17, 15) is 19.2 Å². The van der Waals surface area contributed by atoms with Gasteiger partial charge in [-0.2, -0.15) is 0 Å². The lowest BCUT2D eigenvalue weighted by Gasteiger charge is -2.53. The van der Waals surface area contributed by atoms with Crippen molar-refractivity contribution >= 4 is 57.7 Å². The number of nitrogen functional groups attached to an aromatic ring is 1. The molecule has 3 atom stereocenters. The number of thiazole rings is 1. The number of fused-ring (bicyclic) bond motifs is 1. The molecule has 1 aromatic rings. The van der Waals surface area contributed by atoms with E-state index in [-0.39, 0.29) is 53.2 Å². The van der Waals surface area contributed by atoms with Gasteiger partial charge in [0.05, 0.1) is 13.0 Å². The summed E-state index contributed by atoms with van der Waals surface area (Å²) >= 11 is 2.45. The molecular weight excluding hydrogens is 526 g/mol. The number of β-lactam (4-membered cyclic amide) rings is 1. The van der Waals surface area contributed by atoms with E-state index in [4.69, 9.17) is 24.8 Å². The Kier molecular flexibility index (Phi) is 9.02. The highest BCUT2D eigenvalue weighted by molar-refractivity contribution is 8.00. The number of nitrogens with two attached hydrogens (primary N) is 1. The Bertz CT molecular complexity index is 1070. The van der Waals surface area contributed by atoms with E-state index >= 15 is 0 Å². The molecule has 2 fully saturated rings. The number of amides is 2. The molecule has 0 radical (unpaired) electrons. The number of methoxy groups -OCH3 is 1. The number of carbonyl (C=O) groups excluding carboxylic acids is 4. The molecule has 3 heterocycles. The first-order chi connectivity index (χ1) is 17.4. The molecule has 2 amide bonds. The van der Waals surface area contributed by atoms with Crippen LogP contribution in [-0.2, 0) is 38.2 Å². The molecule has 0 bridgehead atoms. The van der Waals surface area contributed by atoms with Crippen molar-refractivity contribution in [2.24, 2.45) is 16.0 Å². The van der Waals surface area contributed by atoms with Crippen molar-refractivity contribution in [3.63, 3.8) is 0 Å². The van der Waals surface area contributed by atoms with Gasteiger partial charge in [-0.1, -0.05) is 25.9 Å². The van der Waals surface area contributed by atoms with Gasteiger partial charge in [-0.3, -0.25) is 19.2 Å². The van der Waals surface area contributed by atoms with Gasteiger partial charge in [-0.25, -0.2) is 4.98 Å². The largest absolute Gasteiger partial charge is 0.428 e. The summed E-state index contributed by atoms with van der Waals surface area (Å²) in [6.45, 7) is 5.18. The van der Waals surface area contributed by atoms with Crippen LogP contribution >= 0.6 is 23.1 Å². The standard InChI is InChI=1S/C22H31N5O8S2/c1-21(2,3)6-13(28)34-11-35-19(31)22(9-32-4)8-27-17(30)15(18(27)37-10-22)25-16(29)14(26-33-5)12-7-36-20(23)24-12/h7,15,18H,6,8-11H2,1-5H3,(H2,23,24)(H,25,29)/t15?,18-,22?/m1/s1. The topological polar surface area (TPSA) is 172 Å². The third-order valence-electron chi connectivity index (χ3n) is 5.53. The highest BCUT2D eigenvalue weighted by atomic mass is 32.2. The van der Waals surface area contributed by atoms with E-state index in [1.165, 1.54) is 30.9 Å². The predicted octanol–water partition coefficient (Wildman–Crippen LogP) is 0.589. The van der Waals surface area contributed by atoms with E-state index < -0.39 is 41.5 Å². The summed E-state index contributed by atoms with van der Waals surface area (Å²) in [5.74, 6) is -1.87. The van der Waals surface area contributed by atoms with Crippen LogP contribution in [0, 0.1) is 10.8 Å². The summed E-state index contributed by atoms with van der Waals surface area (Å²) in [6, 6.07) is -0.828. The Morgan fingerprint density at radius 2 is 2.03 bits per heavy atom. The number of thioether (sulfide) groups is 1. The molecule has 2 aliphatic heterocycles. The summed E-state index contributed by atoms with van der Waals surface area (Å²) in [7, 11) is 2.73. The zero-order chi connectivity index (χ0) is 27.4. The molecule has 3 rings (SSSR count). The fourth-order valence-electron chi connectivity index (χ4n) is 3.86. The number of anilines is 1. The van der Waals surface area contributed by atoms with E-state index in [0.717, 1.165) is 11.3 Å². The maximum atomic E-state index is 13.0. The molecule has 2 unspecified atom stereocenters. The maximum absolute atomic E-state index is 13.0. The minimum absolute atomic E-state index is 0.00180. The van der Waals surface area contributed by atoms with Crippen LogP contribution in [-0.4, -0.2) is 90.7 Å². The van der Waals surface area contributed by atoms with Crippen LogP contribution in [0.1, 0.15) is 32.9 Å². The number of rotatable bonds is 10. The third-order valence-corrected chi connectivity index (χ3v) is 7.79. The summed E-state index contributed by atoms with van der Waals surface area (Å²) < 4.78 is 15.5. The molecule has 1 aromatic heterocycles. The molecule has 0 aliphatic carbocycles. The minimum atomic E-state index is -1.15. The highest BCUT2D eigenvalue weighted by Gasteiger charge is 2.58. The first-order valence-electron chi connectivity index (χ1n) is 11.3. The Morgan fingerprint density at radius 3 is 2.62 bits per heavy atom. The van der Waals surface area contributed by atoms with Crippen molar-refractivity contribution < 1.29 is 38.2 Å². The zero-order valence-electron chi connectivity index (χ0n) is 21.3. The van der Waals surface area contributed by atoms with E-state index in [0.29, 0.717) is 0 Å². The molecule has 2 aliphatic rings. The van der Waals surface area contributed by atoms with Crippen molar-refractivity contribution in [3.8, 4) is 0 Å². The minimum Gasteiger partial charge on any atom is -0.428 e. The highest BCUT2D eigenvalue weighted by Crippen LogP contribution is 2.43. The Labute approximate surface area is 222 Å². The number of aromatic nitrogens is 1. The van der Waals surface area contributed by atoms with Gasteiger partial charge >= 0.3 is 11.9 Å². The van der Waals surface area contributed by atoms with Crippen molar-refractivity contribution in [2.75, 3.05) is 45.7 Å². The van der Waals surface area contributed by atoms with Crippen LogP contribution in [0.4, 0.5) is 5.13 Å². The van der Waals surface area contributed by atoms with E-state index in [1.807, 2.05) is 20.8 Å². The van der Waals surface area contributed by atoms with Crippen molar-refractivity contribution in [1.82, 2.24) is 15.2 Å². The summed E-state index contributed by atoms with van der Waals surface area (Å²) in [6.07, 6.45) is 0.174. The van der Waals surface area contributed by atoms with Gasteiger partial charge in [0.15, 0.2) is 10.8 Å². The van der Waals surface area contributed by atoms with Crippen molar-refractivity contribution in [3.05, 3.63) is 11.1 Å². The maximum Gasteiger partial charge on any atom is 0.319 e. The van der Waals surface area contributed by atoms with Gasteiger partial charge in [0.2, 0.25) is 12.7 Å². The summed E-state index contributed by atoms with van der Waals surface area (Å²) in [5, 5.41) is 7.81. The number of hydrogen-bond acceptors (Lipinski definition) is 13. The predicted molar refractivity (Wildman–Crippen MR) is 135 cm³/mol. The molecule has 204 valence electrons. The van der Waals surface area contributed by atoms with Crippen LogP contribution in [0.3, 0.4) is 0 Å². The Hall–Kier alpha value is -2.91. The molecule has 37 heavy (non-hydrogen) atoms. The lowest BCUT2D eigenvalue weighted by molar-refractivity contribution is -0.180. The smallest absolute Gasteiger partial charge is 0.319 e. The zero-order valence-corrected chi connectivity index (χ0v) is 22.9. The van der Waals surface area contributed by atoms with Gasteiger partial charge in [0.25, 0.3) is 5.91 Å². The van der Waals surface area contributed by atoms with E-state index in [2.05, 4.69) is 15.5 Å². The number of nitrogens with zero attached hydrogens (tertiary/aromatic N) is 3. The van der Waals surface area contributed by atoms with Gasteiger partial charge in [-0.05, 0) is 5.41 Å². The fraction of sp³-hybridized carbons (Fsp3) is 0.636. The first-order valence-corrected chi connectivity index (χ1v) is 13.2. The van der Waals surface area contributed by atoms with Crippen LogP contribution in [0.25, 0.3) is 0 Å². The molecule has 15 heteroatoms. The number of ether oxygens (including phenoxy) is 3. The average molecular weight is 558 g/mol. The Morgan fingerprint density at radius 1 is 1.30 bits per heavy atom. The third kappa shape index (κ3) is 6.70. The summed E-state index contributed by atoms with van der Waals surface area (Å²) in [4.78, 5) is 61.0. The SMILES string of the molecule is COCC1(C(=O)OCOC(=O)CC(C)(C)C)CS[C@@H]2C(NC(=O)C(=NOC)c3csc(N)n3)C(=O)N2C1. The lowest BCUT2D eigenvalue weighted by atomic mass is 9.88. The second kappa shape index (κ2) is 11.6. The van der Waals surface area contributed by atoms with Crippen molar-refractivity contribution in [2.45, 2.75) is 38.6 Å². The lowest BCUT2D eigenvalue weighted by Crippen LogP contribution is -2.74. The van der Waals surface area contributed by atoms with Crippen LogP contribution in [0.5, 0.6) is 0 Å². The molecule has 2 saturated heterocycles. The molecule has 0 saturated carbocycles. The number of carbonyl (C=O) groups is 4. The molecule has 0 spiro atoms. The number of nitrogens with one attached hydrogen (secondary N) is 1.